The summed E-state index contributed by atoms with van der Waals surface area (Å²) in [6.07, 6.45) is 5.60. The van der Waals surface area contributed by atoms with Crippen LogP contribution in [-0.2, 0) is 4.74 Å². The molecule has 0 fully saturated rings. The van der Waals surface area contributed by atoms with Crippen LogP contribution in [0.15, 0.2) is 18.2 Å². The number of unbranched alkanes of at least 4 members (excludes halogenated alkanes) is 5. The molecule has 22 heavy (non-hydrogen) atoms. The third-order valence-electron chi connectivity index (χ3n) is 3.12. The Labute approximate surface area is 129 Å². The topological polar surface area (TPSA) is 93.1 Å². The first-order chi connectivity index (χ1) is 10.5. The lowest BCUT2D eigenvalue weighted by Crippen LogP contribution is -2.12. The van der Waals surface area contributed by atoms with Crippen LogP contribution < -0.4 is 4.74 Å². The van der Waals surface area contributed by atoms with Crippen molar-refractivity contribution in [1.29, 1.82) is 0 Å². The van der Waals surface area contributed by atoms with Gasteiger partial charge >= 0.3 is 12.1 Å². The maximum absolute atomic E-state index is 11.5. The molecule has 6 heteroatoms. The fourth-order valence-corrected chi connectivity index (χ4v) is 1.91. The summed E-state index contributed by atoms with van der Waals surface area (Å²) >= 11 is 0. The Kier molecular flexibility index (Phi) is 7.81. The number of ether oxygens (including phenoxy) is 2. The minimum absolute atomic E-state index is 0.0168. The molecule has 0 atom stereocenters. The van der Waals surface area contributed by atoms with E-state index in [-0.39, 0.29) is 23.7 Å². The number of carbonyl (C=O) groups is 2. The van der Waals surface area contributed by atoms with E-state index in [1.807, 2.05) is 0 Å². The van der Waals surface area contributed by atoms with Crippen molar-refractivity contribution in [3.05, 3.63) is 23.8 Å². The van der Waals surface area contributed by atoms with Crippen LogP contribution in [0.5, 0.6) is 11.5 Å². The number of benzene rings is 1. The molecule has 1 aromatic carbocycles. The van der Waals surface area contributed by atoms with Gasteiger partial charge in [-0.05, 0) is 24.6 Å². The van der Waals surface area contributed by atoms with Gasteiger partial charge in [-0.1, -0.05) is 39.0 Å². The molecule has 0 aliphatic rings. The second-order valence-electron chi connectivity index (χ2n) is 4.95. The van der Waals surface area contributed by atoms with E-state index in [9.17, 15) is 14.7 Å². The van der Waals surface area contributed by atoms with Crippen LogP contribution in [0.25, 0.3) is 0 Å². The smallest absolute Gasteiger partial charge is 0.507 e. The number of aromatic carboxylic acids is 1. The molecule has 0 aliphatic carbocycles. The summed E-state index contributed by atoms with van der Waals surface area (Å²) in [4.78, 5) is 22.3. The van der Waals surface area contributed by atoms with Gasteiger partial charge in [0.2, 0.25) is 0 Å². The molecule has 1 rings (SSSR count). The largest absolute Gasteiger partial charge is 0.513 e. The number of hydrogen-bond donors (Lipinski definition) is 2. The minimum atomic E-state index is -1.30. The highest BCUT2D eigenvalue weighted by Crippen LogP contribution is 2.23. The third-order valence-corrected chi connectivity index (χ3v) is 3.12. The Morgan fingerprint density at radius 1 is 1.09 bits per heavy atom. The molecule has 122 valence electrons. The average molecular weight is 310 g/mol. The first-order valence-corrected chi connectivity index (χ1v) is 7.45. The van der Waals surface area contributed by atoms with Gasteiger partial charge in [0.05, 0.1) is 6.61 Å². The number of hydrogen-bond acceptors (Lipinski definition) is 5. The van der Waals surface area contributed by atoms with Crippen LogP contribution in [0.3, 0.4) is 0 Å². The molecule has 0 saturated carbocycles. The number of carboxylic acid groups (broad SMARTS) is 1. The number of carbonyl (C=O) groups excluding carboxylic acids is 1. The molecule has 0 saturated heterocycles. The van der Waals surface area contributed by atoms with Gasteiger partial charge < -0.3 is 19.7 Å². The van der Waals surface area contributed by atoms with E-state index in [1.54, 1.807) is 0 Å². The van der Waals surface area contributed by atoms with Crippen LogP contribution in [0.4, 0.5) is 4.79 Å². The fourth-order valence-electron chi connectivity index (χ4n) is 1.91. The molecule has 0 amide bonds. The van der Waals surface area contributed by atoms with Crippen LogP contribution in [-0.4, -0.2) is 28.9 Å². The monoisotopic (exact) mass is 310 g/mol. The molecule has 1 aromatic rings. The molecule has 0 heterocycles. The zero-order chi connectivity index (χ0) is 16.4. The summed E-state index contributed by atoms with van der Waals surface area (Å²) in [7, 11) is 0. The van der Waals surface area contributed by atoms with E-state index < -0.39 is 12.1 Å². The zero-order valence-electron chi connectivity index (χ0n) is 12.7. The van der Waals surface area contributed by atoms with Gasteiger partial charge in [0.25, 0.3) is 0 Å². The molecule has 0 unspecified atom stereocenters. The molecule has 6 nitrogen and oxygen atoms in total. The van der Waals surface area contributed by atoms with Crippen molar-refractivity contribution in [1.82, 2.24) is 0 Å². The summed E-state index contributed by atoms with van der Waals surface area (Å²) in [6.45, 7) is 2.42. The first-order valence-electron chi connectivity index (χ1n) is 7.45. The predicted molar refractivity (Wildman–Crippen MR) is 80.4 cm³/mol. The van der Waals surface area contributed by atoms with Crippen LogP contribution in [0.2, 0.25) is 0 Å². The highest BCUT2D eigenvalue weighted by Gasteiger charge is 2.13. The van der Waals surface area contributed by atoms with Crippen LogP contribution in [0, 0.1) is 0 Å². The Balaban J connectivity index is 2.30. The lowest BCUT2D eigenvalue weighted by molar-refractivity contribution is 0.0691. The molecule has 0 bridgehead atoms. The lowest BCUT2D eigenvalue weighted by atomic mass is 10.1. The second-order valence-corrected chi connectivity index (χ2v) is 4.95. The Hall–Kier alpha value is -2.24. The molecule has 0 aliphatic heterocycles. The number of carboxylic acids is 1. The van der Waals surface area contributed by atoms with Gasteiger partial charge in [-0.15, -0.1) is 0 Å². The van der Waals surface area contributed by atoms with E-state index in [0.717, 1.165) is 31.4 Å². The van der Waals surface area contributed by atoms with Gasteiger partial charge in [0.15, 0.2) is 0 Å². The van der Waals surface area contributed by atoms with Crippen molar-refractivity contribution in [3.8, 4) is 11.5 Å². The van der Waals surface area contributed by atoms with Gasteiger partial charge in [0, 0.05) is 0 Å². The molecular formula is C16H22O6. The third kappa shape index (κ3) is 6.47. The van der Waals surface area contributed by atoms with Gasteiger partial charge in [0.1, 0.15) is 17.1 Å². The SMILES string of the molecule is CCCCCCCCOC(=O)Oc1ccc(O)c(C(=O)O)c1. The van der Waals surface area contributed by atoms with E-state index in [2.05, 4.69) is 6.92 Å². The van der Waals surface area contributed by atoms with Gasteiger partial charge in [-0.25, -0.2) is 9.59 Å². The standard InChI is InChI=1S/C16H22O6/c1-2-3-4-5-6-7-10-21-16(20)22-12-8-9-14(17)13(11-12)15(18)19/h8-9,11,17H,2-7,10H2,1H3,(H,18,19). The fraction of sp³-hybridized carbons (Fsp3) is 0.500. The Bertz CT molecular complexity index is 497. The summed E-state index contributed by atoms with van der Waals surface area (Å²) in [5.74, 6) is -1.67. The maximum Gasteiger partial charge on any atom is 0.513 e. The van der Waals surface area contributed by atoms with Crippen molar-refractivity contribution in [2.75, 3.05) is 6.61 Å². The summed E-state index contributed by atoms with van der Waals surface area (Å²) in [5.41, 5.74) is -0.332. The quantitative estimate of drug-likeness (QED) is 0.407. The number of rotatable bonds is 9. The predicted octanol–water partition coefficient (Wildman–Crippen LogP) is 3.97. The molecule has 0 aromatic heterocycles. The van der Waals surface area contributed by atoms with Crippen molar-refractivity contribution in [3.63, 3.8) is 0 Å². The van der Waals surface area contributed by atoms with Crippen molar-refractivity contribution < 1.29 is 29.3 Å². The highest BCUT2D eigenvalue weighted by atomic mass is 16.7. The molecule has 0 radical (unpaired) electrons. The summed E-state index contributed by atoms with van der Waals surface area (Å²) in [6, 6.07) is 3.53. The lowest BCUT2D eigenvalue weighted by Gasteiger charge is -2.07. The average Bonchev–Trinajstić information content (AvgIpc) is 2.48. The van der Waals surface area contributed by atoms with Crippen molar-refractivity contribution in [2.24, 2.45) is 0 Å². The zero-order valence-corrected chi connectivity index (χ0v) is 12.7. The van der Waals surface area contributed by atoms with Crippen LogP contribution >= 0.6 is 0 Å². The van der Waals surface area contributed by atoms with E-state index in [4.69, 9.17) is 14.6 Å². The normalized spacial score (nSPS) is 10.2. The number of aromatic hydroxyl groups is 1. The Morgan fingerprint density at radius 2 is 1.77 bits per heavy atom. The molecule has 0 spiro atoms. The van der Waals surface area contributed by atoms with E-state index >= 15 is 0 Å². The van der Waals surface area contributed by atoms with Gasteiger partial charge in [-0.3, -0.25) is 0 Å². The Morgan fingerprint density at radius 3 is 2.45 bits per heavy atom. The first kappa shape index (κ1) is 17.8. The van der Waals surface area contributed by atoms with Crippen molar-refractivity contribution >= 4 is 12.1 Å². The summed E-state index contributed by atoms with van der Waals surface area (Å²) in [5, 5.41) is 18.2. The second kappa shape index (κ2) is 9.65. The van der Waals surface area contributed by atoms with E-state index in [1.165, 1.54) is 25.3 Å². The van der Waals surface area contributed by atoms with Crippen LogP contribution in [0.1, 0.15) is 55.8 Å². The number of phenols is 1. The molecular weight excluding hydrogens is 288 g/mol. The van der Waals surface area contributed by atoms with Gasteiger partial charge in [-0.2, -0.15) is 0 Å². The maximum atomic E-state index is 11.5. The highest BCUT2D eigenvalue weighted by molar-refractivity contribution is 5.91. The summed E-state index contributed by atoms with van der Waals surface area (Å²) < 4.78 is 9.78. The molecule has 2 N–H and O–H groups in total. The van der Waals surface area contributed by atoms with E-state index in [0.29, 0.717) is 0 Å². The minimum Gasteiger partial charge on any atom is -0.507 e. The van der Waals surface area contributed by atoms with Crippen molar-refractivity contribution in [2.45, 2.75) is 45.4 Å².